The van der Waals surface area contributed by atoms with Gasteiger partial charge in [-0.25, -0.2) is 0 Å². The molecule has 0 fully saturated rings. The Morgan fingerprint density at radius 3 is 1.89 bits per heavy atom. The first-order valence-corrected chi connectivity index (χ1v) is 9.45. The second-order valence-electron chi connectivity index (χ2n) is 6.61. The van der Waals surface area contributed by atoms with E-state index >= 15 is 0 Å². The lowest BCUT2D eigenvalue weighted by Gasteiger charge is -2.11. The van der Waals surface area contributed by atoms with Gasteiger partial charge in [-0.1, -0.05) is 72.3 Å². The summed E-state index contributed by atoms with van der Waals surface area (Å²) in [6.07, 6.45) is 0. The molecular weight excluding hydrogens is 368 g/mol. The number of halogens is 1. The Hall–Kier alpha value is -3.37. The van der Waals surface area contributed by atoms with Gasteiger partial charge in [-0.2, -0.15) is 9.50 Å². The maximum absolute atomic E-state index is 6.14. The van der Waals surface area contributed by atoms with Crippen molar-refractivity contribution in [1.29, 1.82) is 0 Å². The Morgan fingerprint density at radius 1 is 0.714 bits per heavy atom. The molecule has 0 N–H and O–H groups in total. The fourth-order valence-corrected chi connectivity index (χ4v) is 3.68. The molecule has 0 saturated carbocycles. The third-order valence-corrected chi connectivity index (χ3v) is 4.99. The minimum Gasteiger partial charge on any atom is -0.276 e. The molecule has 2 aromatic heterocycles. The van der Waals surface area contributed by atoms with Crippen molar-refractivity contribution in [3.63, 3.8) is 0 Å². The van der Waals surface area contributed by atoms with Gasteiger partial charge in [0.25, 0.3) is 0 Å². The Bertz CT molecular complexity index is 1250. The van der Waals surface area contributed by atoms with E-state index < -0.39 is 0 Å². The van der Waals surface area contributed by atoms with Crippen LogP contribution in [0.5, 0.6) is 0 Å². The molecule has 2 heterocycles. The van der Waals surface area contributed by atoms with Crippen LogP contribution in [0.25, 0.3) is 34.0 Å². The number of imidazole rings is 1. The van der Waals surface area contributed by atoms with E-state index in [1.807, 2.05) is 72.1 Å². The van der Waals surface area contributed by atoms with Crippen LogP contribution in [-0.2, 0) is 0 Å². The van der Waals surface area contributed by atoms with Crippen LogP contribution in [0, 0.1) is 6.92 Å². The van der Waals surface area contributed by atoms with Crippen molar-refractivity contribution < 1.29 is 0 Å². The van der Waals surface area contributed by atoms with E-state index in [4.69, 9.17) is 21.7 Å². The van der Waals surface area contributed by atoms with E-state index in [9.17, 15) is 0 Å². The lowest BCUT2D eigenvalue weighted by Crippen LogP contribution is -1.98. The van der Waals surface area contributed by atoms with Crippen molar-refractivity contribution in [3.05, 3.63) is 95.8 Å². The number of fused-ring (bicyclic) bond motifs is 1. The molecule has 0 aliphatic rings. The minimum absolute atomic E-state index is 0.703. The summed E-state index contributed by atoms with van der Waals surface area (Å²) in [5.41, 5.74) is 5.23. The highest BCUT2D eigenvalue weighted by Gasteiger charge is 2.23. The number of aromatic nitrogens is 4. The van der Waals surface area contributed by atoms with Crippen LogP contribution >= 0.6 is 11.6 Å². The number of nitrogens with zero attached hydrogens (tertiary/aromatic N) is 4. The van der Waals surface area contributed by atoms with Gasteiger partial charge in [0.1, 0.15) is 11.5 Å². The highest BCUT2D eigenvalue weighted by Crippen LogP contribution is 2.37. The summed E-state index contributed by atoms with van der Waals surface area (Å²) >= 11 is 6.14. The highest BCUT2D eigenvalue weighted by atomic mass is 35.5. The second kappa shape index (κ2) is 6.66. The third kappa shape index (κ3) is 2.70. The topological polar surface area (TPSA) is 35.1 Å². The normalized spacial score (nSPS) is 11.2. The fourth-order valence-electron chi connectivity index (χ4n) is 3.56. The van der Waals surface area contributed by atoms with Crippen molar-refractivity contribution in [3.8, 4) is 28.2 Å². The van der Waals surface area contributed by atoms with Gasteiger partial charge in [-0.3, -0.25) is 4.57 Å². The standard InChI is InChI=1S/C23H17ClN4/c1-16-25-23-27(20-14-12-19(24)13-15-20)21(17-8-4-2-5-9-17)22(28(23)26-16)18-10-6-3-7-11-18/h2-15H,1H3. The quantitative estimate of drug-likeness (QED) is 0.393. The average Bonchev–Trinajstić information content (AvgIpc) is 3.24. The van der Waals surface area contributed by atoms with E-state index in [1.54, 1.807) is 0 Å². The first kappa shape index (κ1) is 16.8. The van der Waals surface area contributed by atoms with Crippen molar-refractivity contribution >= 4 is 17.4 Å². The summed E-state index contributed by atoms with van der Waals surface area (Å²) in [5.74, 6) is 1.51. The molecule has 4 nitrogen and oxygen atoms in total. The number of hydrogen-bond acceptors (Lipinski definition) is 2. The fraction of sp³-hybridized carbons (Fsp3) is 0.0435. The maximum Gasteiger partial charge on any atom is 0.238 e. The molecule has 136 valence electrons. The van der Waals surface area contributed by atoms with Crippen LogP contribution in [0.4, 0.5) is 0 Å². The molecule has 28 heavy (non-hydrogen) atoms. The van der Waals surface area contributed by atoms with E-state index in [2.05, 4.69) is 28.8 Å². The Kier molecular flexibility index (Phi) is 3.99. The number of hydrogen-bond donors (Lipinski definition) is 0. The summed E-state index contributed by atoms with van der Waals surface area (Å²) in [7, 11) is 0. The zero-order valence-corrected chi connectivity index (χ0v) is 16.0. The molecule has 5 aromatic rings. The summed E-state index contributed by atoms with van der Waals surface area (Å²) in [6, 6.07) is 28.5. The van der Waals surface area contributed by atoms with Gasteiger partial charge < -0.3 is 0 Å². The summed E-state index contributed by atoms with van der Waals surface area (Å²) in [5, 5.41) is 5.40. The molecule has 0 spiro atoms. The highest BCUT2D eigenvalue weighted by molar-refractivity contribution is 6.30. The molecule has 3 aromatic carbocycles. The van der Waals surface area contributed by atoms with Gasteiger partial charge in [0.15, 0.2) is 0 Å². The van der Waals surface area contributed by atoms with Crippen LogP contribution < -0.4 is 0 Å². The van der Waals surface area contributed by atoms with Crippen molar-refractivity contribution in [2.24, 2.45) is 0 Å². The van der Waals surface area contributed by atoms with Crippen molar-refractivity contribution in [1.82, 2.24) is 19.2 Å². The van der Waals surface area contributed by atoms with Crippen LogP contribution in [0.3, 0.4) is 0 Å². The SMILES string of the molecule is Cc1nc2n(-c3ccc(Cl)cc3)c(-c3ccccc3)c(-c3ccccc3)n2n1. The van der Waals surface area contributed by atoms with Crippen molar-refractivity contribution in [2.75, 3.05) is 0 Å². The lowest BCUT2D eigenvalue weighted by molar-refractivity contribution is 0.943. The second-order valence-corrected chi connectivity index (χ2v) is 7.05. The molecule has 0 aliphatic carbocycles. The molecule has 5 heteroatoms. The Morgan fingerprint density at radius 2 is 1.29 bits per heavy atom. The molecule has 0 unspecified atom stereocenters. The maximum atomic E-state index is 6.14. The number of aryl methyl sites for hydroxylation is 1. The van der Waals surface area contributed by atoms with Crippen LogP contribution in [0.1, 0.15) is 5.82 Å². The smallest absolute Gasteiger partial charge is 0.238 e. The van der Waals surface area contributed by atoms with Gasteiger partial charge in [0.05, 0.1) is 5.69 Å². The molecule has 0 amide bonds. The molecule has 0 aliphatic heterocycles. The first-order chi connectivity index (χ1) is 13.7. The van der Waals surface area contributed by atoms with Crippen molar-refractivity contribution in [2.45, 2.75) is 6.92 Å². The Balaban J connectivity index is 1.94. The molecule has 0 bridgehead atoms. The van der Waals surface area contributed by atoms with E-state index in [0.717, 1.165) is 39.8 Å². The Labute approximate surface area is 167 Å². The van der Waals surface area contributed by atoms with E-state index in [-0.39, 0.29) is 0 Å². The molecule has 0 atom stereocenters. The predicted molar refractivity (Wildman–Crippen MR) is 113 cm³/mol. The molecule has 0 radical (unpaired) electrons. The van der Waals surface area contributed by atoms with Crippen LogP contribution in [0.2, 0.25) is 5.02 Å². The largest absolute Gasteiger partial charge is 0.276 e. The van der Waals surface area contributed by atoms with Crippen LogP contribution in [0.15, 0.2) is 84.9 Å². The zero-order chi connectivity index (χ0) is 19.1. The monoisotopic (exact) mass is 384 g/mol. The van der Waals surface area contributed by atoms with Gasteiger partial charge in [0.2, 0.25) is 5.78 Å². The molecule has 0 saturated heterocycles. The van der Waals surface area contributed by atoms with Gasteiger partial charge in [0, 0.05) is 21.8 Å². The number of rotatable bonds is 3. The van der Waals surface area contributed by atoms with Crippen LogP contribution in [-0.4, -0.2) is 19.2 Å². The minimum atomic E-state index is 0.703. The third-order valence-electron chi connectivity index (χ3n) is 4.73. The van der Waals surface area contributed by atoms with Gasteiger partial charge in [-0.05, 0) is 31.2 Å². The van der Waals surface area contributed by atoms with Gasteiger partial charge in [-0.15, -0.1) is 5.10 Å². The zero-order valence-electron chi connectivity index (χ0n) is 15.2. The summed E-state index contributed by atoms with van der Waals surface area (Å²) in [6.45, 7) is 1.91. The first-order valence-electron chi connectivity index (χ1n) is 9.07. The predicted octanol–water partition coefficient (Wildman–Crippen LogP) is 5.82. The van der Waals surface area contributed by atoms with E-state index in [0.29, 0.717) is 5.02 Å². The molecular formula is C23H17ClN4. The molecule has 5 rings (SSSR count). The summed E-state index contributed by atoms with van der Waals surface area (Å²) < 4.78 is 4.08. The summed E-state index contributed by atoms with van der Waals surface area (Å²) in [4.78, 5) is 4.73. The number of benzene rings is 3. The van der Waals surface area contributed by atoms with Gasteiger partial charge >= 0.3 is 0 Å². The lowest BCUT2D eigenvalue weighted by atomic mass is 10.0. The van der Waals surface area contributed by atoms with E-state index in [1.165, 1.54) is 0 Å². The average molecular weight is 385 g/mol.